The summed E-state index contributed by atoms with van der Waals surface area (Å²) in [6.45, 7) is 2.02. The Morgan fingerprint density at radius 3 is 2.85 bits per heavy atom. The van der Waals surface area contributed by atoms with E-state index in [9.17, 15) is 14.4 Å². The smallest absolute Gasteiger partial charge is 0.271 e. The van der Waals surface area contributed by atoms with Crippen LogP contribution in [-0.4, -0.2) is 40.3 Å². The zero-order valence-electron chi connectivity index (χ0n) is 10.9. The first kappa shape index (κ1) is 14.7. The van der Waals surface area contributed by atoms with Gasteiger partial charge in [-0.25, -0.2) is 0 Å². The van der Waals surface area contributed by atoms with Crippen LogP contribution in [0.3, 0.4) is 0 Å². The molecule has 0 aliphatic carbocycles. The largest absolute Gasteiger partial charge is 0.340 e. The Morgan fingerprint density at radius 2 is 2.25 bits per heavy atom. The van der Waals surface area contributed by atoms with Gasteiger partial charge in [-0.1, -0.05) is 0 Å². The molecule has 0 radical (unpaired) electrons. The maximum Gasteiger partial charge on any atom is 0.271 e. The summed E-state index contributed by atoms with van der Waals surface area (Å²) in [6.07, 6.45) is 1.84. The Balaban J connectivity index is 2.14. The maximum atomic E-state index is 12.2. The summed E-state index contributed by atoms with van der Waals surface area (Å²) in [4.78, 5) is 39.1. The molecule has 1 atom stereocenters. The van der Waals surface area contributed by atoms with Gasteiger partial charge in [0.2, 0.25) is 11.8 Å². The van der Waals surface area contributed by atoms with E-state index in [4.69, 9.17) is 5.73 Å². The van der Waals surface area contributed by atoms with Crippen LogP contribution in [0.2, 0.25) is 0 Å². The molecular weight excluding hydrogens is 328 g/mol. The molecule has 8 heteroatoms. The van der Waals surface area contributed by atoms with Crippen molar-refractivity contribution in [1.82, 2.24) is 9.88 Å². The van der Waals surface area contributed by atoms with Gasteiger partial charge in [0, 0.05) is 30.7 Å². The van der Waals surface area contributed by atoms with Crippen LogP contribution in [0.15, 0.2) is 21.5 Å². The fourth-order valence-electron chi connectivity index (χ4n) is 2.08. The number of nitrogens with one attached hydrogen (secondary N) is 2. The lowest BCUT2D eigenvalue weighted by Crippen LogP contribution is -2.53. The van der Waals surface area contributed by atoms with Crippen LogP contribution in [0.1, 0.15) is 13.3 Å². The van der Waals surface area contributed by atoms with Crippen molar-refractivity contribution >= 4 is 33.4 Å². The third-order valence-corrected chi connectivity index (χ3v) is 3.77. The number of anilines is 1. The van der Waals surface area contributed by atoms with E-state index in [2.05, 4.69) is 26.2 Å². The highest BCUT2D eigenvalue weighted by molar-refractivity contribution is 9.10. The van der Waals surface area contributed by atoms with Crippen LogP contribution < -0.4 is 16.6 Å². The van der Waals surface area contributed by atoms with E-state index in [-0.39, 0.29) is 18.1 Å². The topological polar surface area (TPSA) is 108 Å². The number of pyridine rings is 1. The molecular formula is C12H15BrN4O3. The van der Waals surface area contributed by atoms with Crippen molar-refractivity contribution in [2.45, 2.75) is 18.9 Å². The molecule has 20 heavy (non-hydrogen) atoms. The maximum absolute atomic E-state index is 12.2. The Kier molecular flexibility index (Phi) is 3.96. The van der Waals surface area contributed by atoms with E-state index < -0.39 is 17.0 Å². The predicted octanol–water partition coefficient (Wildman–Crippen LogP) is 0.0256. The van der Waals surface area contributed by atoms with Crippen molar-refractivity contribution < 1.29 is 9.59 Å². The quantitative estimate of drug-likeness (QED) is 0.704. The first-order valence-corrected chi connectivity index (χ1v) is 6.85. The zero-order chi connectivity index (χ0) is 14.9. The number of nitrogens with two attached hydrogens (primary N) is 1. The number of rotatable bonds is 2. The number of likely N-dealkylation sites (tertiary alicyclic amines) is 1. The van der Waals surface area contributed by atoms with Gasteiger partial charge in [0.1, 0.15) is 11.2 Å². The van der Waals surface area contributed by atoms with Crippen LogP contribution in [-0.2, 0) is 9.59 Å². The molecule has 0 spiro atoms. The normalized spacial score (nSPS) is 21.9. The molecule has 108 valence electrons. The standard InChI is InChI=1S/C12H15BrN4O3/c1-7(18)17-3-2-12(14,6-17)11(20)16-9-4-8(13)5-15-10(9)19/h4-5H,2-3,6,14H2,1H3,(H,15,19)(H,16,20). The summed E-state index contributed by atoms with van der Waals surface area (Å²) in [7, 11) is 0. The van der Waals surface area contributed by atoms with Gasteiger partial charge in [0.05, 0.1) is 0 Å². The second-order valence-corrected chi connectivity index (χ2v) is 5.78. The number of hydrogen-bond donors (Lipinski definition) is 3. The number of aromatic amines is 1. The van der Waals surface area contributed by atoms with Gasteiger partial charge in [0.25, 0.3) is 5.56 Å². The molecule has 2 rings (SSSR count). The van der Waals surface area contributed by atoms with Gasteiger partial charge in [-0.3, -0.25) is 14.4 Å². The molecule has 0 saturated carbocycles. The van der Waals surface area contributed by atoms with Gasteiger partial charge in [-0.05, 0) is 28.4 Å². The third-order valence-electron chi connectivity index (χ3n) is 3.31. The molecule has 2 heterocycles. The van der Waals surface area contributed by atoms with Crippen LogP contribution in [0.25, 0.3) is 0 Å². The Labute approximate surface area is 123 Å². The number of carbonyl (C=O) groups excluding carboxylic acids is 2. The number of amides is 2. The van der Waals surface area contributed by atoms with Crippen molar-refractivity contribution in [2.24, 2.45) is 5.73 Å². The van der Waals surface area contributed by atoms with Crippen molar-refractivity contribution in [3.8, 4) is 0 Å². The van der Waals surface area contributed by atoms with Crippen molar-refractivity contribution in [3.05, 3.63) is 27.1 Å². The lowest BCUT2D eigenvalue weighted by Gasteiger charge is -2.23. The van der Waals surface area contributed by atoms with Crippen LogP contribution >= 0.6 is 15.9 Å². The molecule has 1 unspecified atom stereocenters. The van der Waals surface area contributed by atoms with E-state index in [1.807, 2.05) is 0 Å². The summed E-state index contributed by atoms with van der Waals surface area (Å²) >= 11 is 3.21. The minimum Gasteiger partial charge on any atom is -0.340 e. The van der Waals surface area contributed by atoms with Gasteiger partial charge in [-0.2, -0.15) is 0 Å². The molecule has 2 amide bonds. The van der Waals surface area contributed by atoms with Gasteiger partial charge < -0.3 is 20.9 Å². The summed E-state index contributed by atoms with van der Waals surface area (Å²) in [5.74, 6) is -0.588. The molecule has 4 N–H and O–H groups in total. The first-order chi connectivity index (χ1) is 9.32. The molecule has 0 aromatic carbocycles. The van der Waals surface area contributed by atoms with Crippen molar-refractivity contribution in [2.75, 3.05) is 18.4 Å². The third kappa shape index (κ3) is 2.91. The second-order valence-electron chi connectivity index (χ2n) is 4.86. The Bertz CT molecular complexity index is 615. The summed E-state index contributed by atoms with van der Waals surface area (Å²) in [6, 6.07) is 1.50. The van der Waals surface area contributed by atoms with E-state index in [0.29, 0.717) is 17.4 Å². The summed E-state index contributed by atoms with van der Waals surface area (Å²) in [5.41, 5.74) is 4.58. The Hall–Kier alpha value is -1.67. The monoisotopic (exact) mass is 342 g/mol. The predicted molar refractivity (Wildman–Crippen MR) is 77.2 cm³/mol. The average molecular weight is 343 g/mol. The van der Waals surface area contributed by atoms with Crippen molar-refractivity contribution in [3.63, 3.8) is 0 Å². The summed E-state index contributed by atoms with van der Waals surface area (Å²) in [5, 5.41) is 2.52. The van der Waals surface area contributed by atoms with Gasteiger partial charge >= 0.3 is 0 Å². The van der Waals surface area contributed by atoms with E-state index in [1.165, 1.54) is 24.1 Å². The molecule has 1 aromatic heterocycles. The SMILES string of the molecule is CC(=O)N1CCC(N)(C(=O)Nc2cc(Br)c[nH]c2=O)C1. The highest BCUT2D eigenvalue weighted by atomic mass is 79.9. The average Bonchev–Trinajstić information content (AvgIpc) is 2.78. The minimum absolute atomic E-state index is 0.120. The number of nitrogens with zero attached hydrogens (tertiary/aromatic N) is 1. The molecule has 1 aliphatic heterocycles. The van der Waals surface area contributed by atoms with E-state index >= 15 is 0 Å². The number of hydrogen-bond acceptors (Lipinski definition) is 4. The lowest BCUT2D eigenvalue weighted by atomic mass is 9.99. The van der Waals surface area contributed by atoms with Gasteiger partial charge in [-0.15, -0.1) is 0 Å². The molecule has 1 aromatic rings. The van der Waals surface area contributed by atoms with Crippen LogP contribution in [0.5, 0.6) is 0 Å². The molecule has 1 fully saturated rings. The highest BCUT2D eigenvalue weighted by Crippen LogP contribution is 2.21. The Morgan fingerprint density at radius 1 is 1.55 bits per heavy atom. The number of carbonyl (C=O) groups is 2. The van der Waals surface area contributed by atoms with Crippen LogP contribution in [0, 0.1) is 0 Å². The lowest BCUT2D eigenvalue weighted by molar-refractivity contribution is -0.128. The fraction of sp³-hybridized carbons (Fsp3) is 0.417. The van der Waals surface area contributed by atoms with E-state index in [1.54, 1.807) is 0 Å². The number of aromatic nitrogens is 1. The van der Waals surface area contributed by atoms with Gasteiger partial charge in [0.15, 0.2) is 0 Å². The van der Waals surface area contributed by atoms with Crippen LogP contribution in [0.4, 0.5) is 5.69 Å². The second kappa shape index (κ2) is 5.37. The van der Waals surface area contributed by atoms with E-state index in [0.717, 1.165) is 0 Å². The zero-order valence-corrected chi connectivity index (χ0v) is 12.5. The first-order valence-electron chi connectivity index (χ1n) is 6.06. The van der Waals surface area contributed by atoms with Crippen molar-refractivity contribution in [1.29, 1.82) is 0 Å². The fourth-order valence-corrected chi connectivity index (χ4v) is 2.43. The highest BCUT2D eigenvalue weighted by Gasteiger charge is 2.42. The number of halogens is 1. The molecule has 0 bridgehead atoms. The number of H-pyrrole nitrogens is 1. The summed E-state index contributed by atoms with van der Waals surface area (Å²) < 4.78 is 0.634. The molecule has 7 nitrogen and oxygen atoms in total. The molecule has 1 aliphatic rings. The molecule has 1 saturated heterocycles. The minimum atomic E-state index is -1.17.